The predicted molar refractivity (Wildman–Crippen MR) is 80.1 cm³/mol. The normalized spacial score (nSPS) is 10.8. The maximum Gasteiger partial charge on any atom is 0.0305 e. The summed E-state index contributed by atoms with van der Waals surface area (Å²) < 4.78 is 0. The average Bonchev–Trinajstić information content (AvgIpc) is 2.87. The molecule has 0 spiro atoms. The van der Waals surface area contributed by atoms with Crippen molar-refractivity contribution in [3.63, 3.8) is 0 Å². The van der Waals surface area contributed by atoms with E-state index in [-0.39, 0.29) is 0 Å². The van der Waals surface area contributed by atoms with Crippen LogP contribution < -0.4 is 5.32 Å². The molecule has 96 valence electrons. The second-order valence-corrected chi connectivity index (χ2v) is 5.50. The highest BCUT2D eigenvalue weighted by atomic mass is 32.1. The lowest BCUT2D eigenvalue weighted by Crippen LogP contribution is -2.12. The van der Waals surface area contributed by atoms with Gasteiger partial charge in [0.1, 0.15) is 0 Å². The van der Waals surface area contributed by atoms with Crippen molar-refractivity contribution >= 4 is 11.3 Å². The Balaban J connectivity index is 1.84. The fourth-order valence-electron chi connectivity index (χ4n) is 2.05. The zero-order valence-corrected chi connectivity index (χ0v) is 12.0. The van der Waals surface area contributed by atoms with E-state index in [1.807, 2.05) is 11.3 Å². The van der Waals surface area contributed by atoms with Crippen LogP contribution in [-0.2, 0) is 25.9 Å². The van der Waals surface area contributed by atoms with E-state index in [4.69, 9.17) is 0 Å². The minimum absolute atomic E-state index is 0.949. The molecule has 1 heterocycles. The third-order valence-electron chi connectivity index (χ3n) is 3.26. The number of hydrogen-bond acceptors (Lipinski definition) is 2. The topological polar surface area (TPSA) is 12.0 Å². The van der Waals surface area contributed by atoms with Gasteiger partial charge < -0.3 is 5.32 Å². The lowest BCUT2D eigenvalue weighted by molar-refractivity contribution is 0.696. The number of rotatable bonds is 6. The van der Waals surface area contributed by atoms with Crippen LogP contribution in [0.2, 0.25) is 0 Å². The van der Waals surface area contributed by atoms with Gasteiger partial charge in [-0.15, -0.1) is 11.3 Å². The molecule has 1 aromatic heterocycles. The number of nitrogens with one attached hydrogen (secondary N) is 1. The monoisotopic (exact) mass is 259 g/mol. The van der Waals surface area contributed by atoms with E-state index < -0.39 is 0 Å². The SMILES string of the molecule is CCc1ccc(CNCc2sccc2CC)cc1. The van der Waals surface area contributed by atoms with Crippen molar-refractivity contribution < 1.29 is 0 Å². The summed E-state index contributed by atoms with van der Waals surface area (Å²) in [7, 11) is 0. The van der Waals surface area contributed by atoms with Crippen LogP contribution in [0.3, 0.4) is 0 Å². The molecule has 0 bridgehead atoms. The van der Waals surface area contributed by atoms with Crippen molar-refractivity contribution in [2.75, 3.05) is 0 Å². The number of aryl methyl sites for hydroxylation is 2. The first-order valence-corrected chi connectivity index (χ1v) is 7.55. The average molecular weight is 259 g/mol. The third-order valence-corrected chi connectivity index (χ3v) is 4.23. The second-order valence-electron chi connectivity index (χ2n) is 4.50. The number of hydrogen-bond donors (Lipinski definition) is 1. The van der Waals surface area contributed by atoms with Gasteiger partial charge in [0.15, 0.2) is 0 Å². The van der Waals surface area contributed by atoms with E-state index in [0.29, 0.717) is 0 Å². The molecule has 0 unspecified atom stereocenters. The van der Waals surface area contributed by atoms with Gasteiger partial charge in [-0.1, -0.05) is 38.1 Å². The van der Waals surface area contributed by atoms with E-state index in [0.717, 1.165) is 25.9 Å². The minimum atomic E-state index is 0.949. The van der Waals surface area contributed by atoms with Crippen LogP contribution in [-0.4, -0.2) is 0 Å². The van der Waals surface area contributed by atoms with Crippen molar-refractivity contribution in [1.82, 2.24) is 5.32 Å². The Morgan fingerprint density at radius 1 is 0.889 bits per heavy atom. The lowest BCUT2D eigenvalue weighted by atomic mass is 10.1. The highest BCUT2D eigenvalue weighted by Crippen LogP contribution is 2.17. The molecule has 1 aromatic carbocycles. The standard InChI is InChI=1S/C16H21NS/c1-3-13-5-7-14(8-6-13)11-17-12-16-15(4-2)9-10-18-16/h5-10,17H,3-4,11-12H2,1-2H3. The Labute approximate surface area is 114 Å². The molecule has 0 aliphatic rings. The van der Waals surface area contributed by atoms with Gasteiger partial charge in [0.25, 0.3) is 0 Å². The summed E-state index contributed by atoms with van der Waals surface area (Å²) in [6.07, 6.45) is 2.24. The van der Waals surface area contributed by atoms with Crippen molar-refractivity contribution in [3.8, 4) is 0 Å². The molecule has 1 nitrogen and oxygen atoms in total. The third kappa shape index (κ3) is 3.44. The van der Waals surface area contributed by atoms with Gasteiger partial charge in [-0.25, -0.2) is 0 Å². The molecule has 1 N–H and O–H groups in total. The number of thiophene rings is 1. The molecule has 0 saturated carbocycles. The quantitative estimate of drug-likeness (QED) is 0.821. The molecule has 0 aliphatic carbocycles. The van der Waals surface area contributed by atoms with Crippen LogP contribution in [0.15, 0.2) is 35.7 Å². The van der Waals surface area contributed by atoms with Crippen LogP contribution in [0.4, 0.5) is 0 Å². The van der Waals surface area contributed by atoms with Crippen molar-refractivity contribution in [3.05, 3.63) is 57.3 Å². The van der Waals surface area contributed by atoms with E-state index in [1.54, 1.807) is 0 Å². The van der Waals surface area contributed by atoms with Gasteiger partial charge in [-0.2, -0.15) is 0 Å². The van der Waals surface area contributed by atoms with Gasteiger partial charge in [-0.3, -0.25) is 0 Å². The second kappa shape index (κ2) is 6.72. The van der Waals surface area contributed by atoms with Crippen molar-refractivity contribution in [1.29, 1.82) is 0 Å². The van der Waals surface area contributed by atoms with E-state index >= 15 is 0 Å². The van der Waals surface area contributed by atoms with Crippen molar-refractivity contribution in [2.24, 2.45) is 0 Å². The maximum atomic E-state index is 3.53. The molecular weight excluding hydrogens is 238 g/mol. The molecule has 2 rings (SSSR count). The molecule has 0 saturated heterocycles. The summed E-state index contributed by atoms with van der Waals surface area (Å²) in [5.74, 6) is 0. The van der Waals surface area contributed by atoms with Gasteiger partial charge in [0, 0.05) is 18.0 Å². The van der Waals surface area contributed by atoms with Crippen LogP contribution in [0.25, 0.3) is 0 Å². The lowest BCUT2D eigenvalue weighted by Gasteiger charge is -2.06. The summed E-state index contributed by atoms with van der Waals surface area (Å²) in [6.45, 7) is 6.34. The van der Waals surface area contributed by atoms with E-state index in [2.05, 4.69) is 54.9 Å². The van der Waals surface area contributed by atoms with Crippen LogP contribution >= 0.6 is 11.3 Å². The Bertz CT molecular complexity index is 470. The molecule has 0 amide bonds. The van der Waals surface area contributed by atoms with Gasteiger partial charge in [-0.05, 0) is 41.0 Å². The molecule has 0 atom stereocenters. The van der Waals surface area contributed by atoms with E-state index in [1.165, 1.54) is 21.6 Å². The summed E-state index contributed by atoms with van der Waals surface area (Å²) in [6, 6.07) is 11.1. The Hall–Kier alpha value is -1.12. The molecular formula is C16H21NS. The summed E-state index contributed by atoms with van der Waals surface area (Å²) in [5.41, 5.74) is 4.25. The summed E-state index contributed by atoms with van der Waals surface area (Å²) >= 11 is 1.85. The Morgan fingerprint density at radius 3 is 2.28 bits per heavy atom. The smallest absolute Gasteiger partial charge is 0.0305 e. The molecule has 18 heavy (non-hydrogen) atoms. The van der Waals surface area contributed by atoms with Crippen LogP contribution in [0.1, 0.15) is 35.4 Å². The van der Waals surface area contributed by atoms with Gasteiger partial charge in [0.05, 0.1) is 0 Å². The Kier molecular flexibility index (Phi) is 4.97. The fourth-order valence-corrected chi connectivity index (χ4v) is 3.00. The van der Waals surface area contributed by atoms with Gasteiger partial charge in [0.2, 0.25) is 0 Å². The largest absolute Gasteiger partial charge is 0.308 e. The predicted octanol–water partition coefficient (Wildman–Crippen LogP) is 4.16. The fraction of sp³-hybridized carbons (Fsp3) is 0.375. The molecule has 2 heteroatoms. The van der Waals surface area contributed by atoms with Crippen LogP contribution in [0.5, 0.6) is 0 Å². The zero-order valence-electron chi connectivity index (χ0n) is 11.2. The first kappa shape index (κ1) is 13.3. The molecule has 0 radical (unpaired) electrons. The van der Waals surface area contributed by atoms with E-state index in [9.17, 15) is 0 Å². The summed E-state index contributed by atoms with van der Waals surface area (Å²) in [4.78, 5) is 1.47. The van der Waals surface area contributed by atoms with Gasteiger partial charge >= 0.3 is 0 Å². The maximum absolute atomic E-state index is 3.53. The number of benzene rings is 1. The molecule has 0 aliphatic heterocycles. The van der Waals surface area contributed by atoms with Crippen molar-refractivity contribution in [2.45, 2.75) is 39.8 Å². The summed E-state index contributed by atoms with van der Waals surface area (Å²) in [5, 5.41) is 5.71. The zero-order chi connectivity index (χ0) is 12.8. The highest BCUT2D eigenvalue weighted by molar-refractivity contribution is 7.10. The first-order chi connectivity index (χ1) is 8.83. The molecule has 2 aromatic rings. The molecule has 0 fully saturated rings. The first-order valence-electron chi connectivity index (χ1n) is 6.67. The minimum Gasteiger partial charge on any atom is -0.308 e. The van der Waals surface area contributed by atoms with Crippen LogP contribution in [0, 0.1) is 0 Å². The Morgan fingerprint density at radius 2 is 1.61 bits per heavy atom. The highest BCUT2D eigenvalue weighted by Gasteiger charge is 2.01.